The van der Waals surface area contributed by atoms with Crippen molar-refractivity contribution in [2.24, 2.45) is 0 Å². The fourth-order valence-corrected chi connectivity index (χ4v) is 0.671. The summed E-state index contributed by atoms with van der Waals surface area (Å²) in [5.74, 6) is -0.567. The maximum absolute atomic E-state index is 12.0. The molecule has 1 heterocycles. The number of hydrogen-bond acceptors (Lipinski definition) is 3. The average molecular weight is 190 g/mol. The molecular weight excluding hydrogens is 185 g/mol. The van der Waals surface area contributed by atoms with Gasteiger partial charge >= 0.3 is 6.18 Å². The topological polar surface area (TPSA) is 46.0 Å². The summed E-state index contributed by atoms with van der Waals surface area (Å²) in [4.78, 5) is 6.22. The van der Waals surface area contributed by atoms with Crippen LogP contribution in [-0.4, -0.2) is 15.1 Å². The number of aromatic hydroxyl groups is 1. The van der Waals surface area contributed by atoms with Crippen molar-refractivity contribution in [3.8, 4) is 5.88 Å². The molecule has 0 aromatic carbocycles. The van der Waals surface area contributed by atoms with Crippen molar-refractivity contribution in [1.82, 2.24) is 9.97 Å². The van der Waals surface area contributed by atoms with Gasteiger partial charge in [0, 0.05) is 0 Å². The van der Waals surface area contributed by atoms with E-state index in [0.29, 0.717) is 6.20 Å². The molecule has 13 heavy (non-hydrogen) atoms. The highest BCUT2D eigenvalue weighted by molar-refractivity contribution is 5.47. The molecule has 0 atom stereocenters. The smallest absolute Gasteiger partial charge is 0.434 e. The molecule has 1 N–H and O–H groups in total. The lowest BCUT2D eigenvalue weighted by Gasteiger charge is -2.05. The van der Waals surface area contributed by atoms with Crippen LogP contribution in [0.15, 0.2) is 12.8 Å². The molecular formula is C7H5F3N2O. The van der Waals surface area contributed by atoms with Gasteiger partial charge in [-0.15, -0.1) is 0 Å². The fraction of sp³-hybridized carbons (Fsp3) is 0.143. The summed E-state index contributed by atoms with van der Waals surface area (Å²) >= 11 is 0. The van der Waals surface area contributed by atoms with Gasteiger partial charge in [0.1, 0.15) is 5.69 Å². The SMILES string of the molecule is C=Cc1nc(C(F)(F)F)cnc1O. The summed E-state index contributed by atoms with van der Waals surface area (Å²) in [6, 6.07) is 0. The molecule has 0 saturated heterocycles. The van der Waals surface area contributed by atoms with Crippen LogP contribution in [0.3, 0.4) is 0 Å². The van der Waals surface area contributed by atoms with E-state index in [1.54, 1.807) is 0 Å². The Morgan fingerprint density at radius 1 is 1.46 bits per heavy atom. The Bertz CT molecular complexity index is 335. The van der Waals surface area contributed by atoms with Crippen LogP contribution < -0.4 is 0 Å². The van der Waals surface area contributed by atoms with Gasteiger partial charge in [-0.2, -0.15) is 13.2 Å². The first-order chi connectivity index (χ1) is 5.95. The van der Waals surface area contributed by atoms with Gasteiger partial charge in [0.05, 0.1) is 6.20 Å². The molecule has 1 rings (SSSR count). The Morgan fingerprint density at radius 2 is 2.08 bits per heavy atom. The number of nitrogens with zero attached hydrogens (tertiary/aromatic N) is 2. The van der Waals surface area contributed by atoms with E-state index in [1.807, 2.05) is 0 Å². The zero-order valence-electron chi connectivity index (χ0n) is 6.34. The van der Waals surface area contributed by atoms with Crippen LogP contribution in [0.4, 0.5) is 13.2 Å². The van der Waals surface area contributed by atoms with Crippen molar-refractivity contribution in [2.75, 3.05) is 0 Å². The van der Waals surface area contributed by atoms with Crippen LogP contribution in [0.25, 0.3) is 6.08 Å². The van der Waals surface area contributed by atoms with Gasteiger partial charge in [0.2, 0.25) is 5.88 Å². The molecule has 0 bridgehead atoms. The Morgan fingerprint density at radius 3 is 2.54 bits per heavy atom. The molecule has 1 aromatic heterocycles. The quantitative estimate of drug-likeness (QED) is 0.734. The lowest BCUT2D eigenvalue weighted by atomic mass is 10.3. The van der Waals surface area contributed by atoms with Gasteiger partial charge in [-0.25, -0.2) is 9.97 Å². The third-order valence-corrected chi connectivity index (χ3v) is 1.26. The van der Waals surface area contributed by atoms with Crippen molar-refractivity contribution in [1.29, 1.82) is 0 Å². The van der Waals surface area contributed by atoms with E-state index in [-0.39, 0.29) is 5.69 Å². The van der Waals surface area contributed by atoms with Gasteiger partial charge < -0.3 is 5.11 Å². The standard InChI is InChI=1S/C7H5F3N2O/c1-2-4-6(13)11-3-5(12-4)7(8,9)10/h2-3H,1H2,(H,11,13). The number of alkyl halides is 3. The summed E-state index contributed by atoms with van der Waals surface area (Å²) in [7, 11) is 0. The Labute approximate surface area is 71.6 Å². The zero-order valence-corrected chi connectivity index (χ0v) is 6.34. The van der Waals surface area contributed by atoms with Gasteiger partial charge in [0.15, 0.2) is 5.69 Å². The first-order valence-electron chi connectivity index (χ1n) is 3.21. The zero-order chi connectivity index (χ0) is 10.1. The highest BCUT2D eigenvalue weighted by Gasteiger charge is 2.33. The van der Waals surface area contributed by atoms with Crippen molar-refractivity contribution in [3.63, 3.8) is 0 Å². The normalized spacial score (nSPS) is 11.3. The van der Waals surface area contributed by atoms with E-state index in [9.17, 15) is 13.2 Å². The molecule has 0 saturated carbocycles. The molecule has 0 fully saturated rings. The maximum Gasteiger partial charge on any atom is 0.434 e. The second-order valence-corrected chi connectivity index (χ2v) is 2.17. The van der Waals surface area contributed by atoms with Gasteiger partial charge in [0.25, 0.3) is 0 Å². The summed E-state index contributed by atoms with van der Waals surface area (Å²) < 4.78 is 36.1. The van der Waals surface area contributed by atoms with E-state index in [0.717, 1.165) is 6.08 Å². The van der Waals surface area contributed by atoms with Crippen LogP contribution in [0.5, 0.6) is 5.88 Å². The van der Waals surface area contributed by atoms with E-state index in [1.165, 1.54) is 0 Å². The number of aromatic nitrogens is 2. The number of halogens is 3. The van der Waals surface area contributed by atoms with Gasteiger partial charge in [-0.05, 0) is 6.08 Å². The highest BCUT2D eigenvalue weighted by atomic mass is 19.4. The molecule has 0 aliphatic carbocycles. The van der Waals surface area contributed by atoms with Crippen LogP contribution in [0, 0.1) is 0 Å². The van der Waals surface area contributed by atoms with Crippen molar-refractivity contribution in [3.05, 3.63) is 24.2 Å². The van der Waals surface area contributed by atoms with Crippen LogP contribution in [0.1, 0.15) is 11.4 Å². The van der Waals surface area contributed by atoms with Gasteiger partial charge in [-0.3, -0.25) is 0 Å². The predicted octanol–water partition coefficient (Wildman–Crippen LogP) is 1.84. The van der Waals surface area contributed by atoms with Crippen LogP contribution in [0.2, 0.25) is 0 Å². The maximum atomic E-state index is 12.0. The first kappa shape index (κ1) is 9.50. The second kappa shape index (κ2) is 3.04. The first-order valence-corrected chi connectivity index (χ1v) is 3.21. The van der Waals surface area contributed by atoms with Gasteiger partial charge in [-0.1, -0.05) is 6.58 Å². The molecule has 6 heteroatoms. The van der Waals surface area contributed by atoms with Crippen molar-refractivity contribution in [2.45, 2.75) is 6.18 Å². The number of hydrogen-bond donors (Lipinski definition) is 1. The van der Waals surface area contributed by atoms with E-state index >= 15 is 0 Å². The second-order valence-electron chi connectivity index (χ2n) is 2.17. The van der Waals surface area contributed by atoms with Crippen molar-refractivity contribution < 1.29 is 18.3 Å². The molecule has 0 spiro atoms. The summed E-state index contributed by atoms with van der Waals surface area (Å²) in [5, 5.41) is 8.89. The molecule has 1 aromatic rings. The summed E-state index contributed by atoms with van der Waals surface area (Å²) in [6.07, 6.45) is -3.10. The molecule has 0 unspecified atom stereocenters. The summed E-state index contributed by atoms with van der Waals surface area (Å²) in [5.41, 5.74) is -1.44. The molecule has 0 radical (unpaired) electrons. The van der Waals surface area contributed by atoms with E-state index in [2.05, 4.69) is 16.5 Å². The van der Waals surface area contributed by atoms with Crippen LogP contribution in [-0.2, 0) is 6.18 Å². The third kappa shape index (κ3) is 1.95. The minimum Gasteiger partial charge on any atom is -0.492 e. The lowest BCUT2D eigenvalue weighted by molar-refractivity contribution is -0.141. The largest absolute Gasteiger partial charge is 0.492 e. The van der Waals surface area contributed by atoms with E-state index < -0.39 is 17.8 Å². The Balaban J connectivity index is 3.21. The summed E-state index contributed by atoms with van der Waals surface area (Å²) in [6.45, 7) is 3.19. The lowest BCUT2D eigenvalue weighted by Crippen LogP contribution is -2.09. The highest BCUT2D eigenvalue weighted by Crippen LogP contribution is 2.28. The average Bonchev–Trinajstić information content (AvgIpc) is 2.03. The molecule has 0 amide bonds. The minimum atomic E-state index is -4.56. The van der Waals surface area contributed by atoms with E-state index in [4.69, 9.17) is 5.11 Å². The monoisotopic (exact) mass is 190 g/mol. The fourth-order valence-electron chi connectivity index (χ4n) is 0.671. The molecule has 0 aliphatic rings. The number of rotatable bonds is 1. The van der Waals surface area contributed by atoms with Crippen molar-refractivity contribution >= 4 is 6.08 Å². The third-order valence-electron chi connectivity index (χ3n) is 1.26. The Kier molecular flexibility index (Phi) is 2.22. The Hall–Kier alpha value is -1.59. The minimum absolute atomic E-state index is 0.283. The predicted molar refractivity (Wildman–Crippen MR) is 38.8 cm³/mol. The van der Waals surface area contributed by atoms with Crippen LogP contribution >= 0.6 is 0 Å². The molecule has 0 aliphatic heterocycles. The molecule has 70 valence electrons. The molecule has 3 nitrogen and oxygen atoms in total.